The first-order valence-electron chi connectivity index (χ1n) is 10.2. The van der Waals surface area contributed by atoms with Crippen molar-refractivity contribution >= 4 is 11.7 Å². The van der Waals surface area contributed by atoms with Crippen molar-refractivity contribution in [1.29, 1.82) is 0 Å². The summed E-state index contributed by atoms with van der Waals surface area (Å²) in [7, 11) is 3.26. The molecule has 2 aromatic rings. The molecule has 0 aliphatic heterocycles. The molecule has 5 heteroatoms. The van der Waals surface area contributed by atoms with Crippen molar-refractivity contribution in [3.8, 4) is 11.5 Å². The van der Waals surface area contributed by atoms with E-state index >= 15 is 0 Å². The number of benzene rings is 2. The predicted molar refractivity (Wildman–Crippen MR) is 113 cm³/mol. The average molecular weight is 395 g/mol. The Morgan fingerprint density at radius 2 is 1.59 bits per heavy atom. The molecule has 5 nitrogen and oxygen atoms in total. The summed E-state index contributed by atoms with van der Waals surface area (Å²) in [5, 5.41) is 3.22. The summed E-state index contributed by atoms with van der Waals surface area (Å²) in [5.74, 6) is 1.62. The molecule has 2 aromatic carbocycles. The molecule has 1 saturated carbocycles. The van der Waals surface area contributed by atoms with Crippen molar-refractivity contribution in [2.75, 3.05) is 14.2 Å². The minimum Gasteiger partial charge on any atom is -0.493 e. The third-order valence-electron chi connectivity index (χ3n) is 5.71. The number of carbonyl (C=O) groups is 2. The minimum atomic E-state index is -0.0992. The van der Waals surface area contributed by atoms with Crippen molar-refractivity contribution in [3.63, 3.8) is 0 Å². The van der Waals surface area contributed by atoms with Crippen LogP contribution in [0.2, 0.25) is 0 Å². The zero-order valence-corrected chi connectivity index (χ0v) is 17.4. The van der Waals surface area contributed by atoms with E-state index in [1.165, 1.54) is 0 Å². The fourth-order valence-corrected chi connectivity index (χ4v) is 4.05. The molecule has 1 N–H and O–H groups in total. The standard InChI is InChI=1S/C24H29NO4/c1-4-21(26)16-9-11-17(12-10-16)24(27)25-20-8-6-5-7-19(20)18-13-14-22(28-2)23(15-18)29-3/h9-15,19-20H,4-8H2,1-3H3,(H,25,27). The third kappa shape index (κ3) is 4.78. The topological polar surface area (TPSA) is 64.6 Å². The Kier molecular flexibility index (Phi) is 6.91. The molecule has 3 rings (SSSR count). The highest BCUT2D eigenvalue weighted by atomic mass is 16.5. The van der Waals surface area contributed by atoms with Crippen molar-refractivity contribution < 1.29 is 19.1 Å². The van der Waals surface area contributed by atoms with Gasteiger partial charge in [-0.05, 0) is 42.7 Å². The molecule has 0 radical (unpaired) electrons. The summed E-state index contributed by atoms with van der Waals surface area (Å²) in [6.07, 6.45) is 4.65. The van der Waals surface area contributed by atoms with Gasteiger partial charge >= 0.3 is 0 Å². The lowest BCUT2D eigenvalue weighted by atomic mass is 9.79. The molecule has 0 spiro atoms. The number of carbonyl (C=O) groups excluding carboxylic acids is 2. The summed E-state index contributed by atoms with van der Waals surface area (Å²) in [5.41, 5.74) is 2.37. The van der Waals surface area contributed by atoms with Gasteiger partial charge in [0.25, 0.3) is 5.91 Å². The first kappa shape index (κ1) is 20.9. The van der Waals surface area contributed by atoms with Gasteiger partial charge in [-0.15, -0.1) is 0 Å². The molecule has 0 aromatic heterocycles. The number of hydrogen-bond donors (Lipinski definition) is 1. The van der Waals surface area contributed by atoms with Crippen LogP contribution in [0.3, 0.4) is 0 Å². The molecule has 0 saturated heterocycles. The SMILES string of the molecule is CCC(=O)c1ccc(C(=O)NC2CCCCC2c2ccc(OC)c(OC)c2)cc1. The molecule has 2 atom stereocenters. The van der Waals surface area contributed by atoms with Gasteiger partial charge in [0.2, 0.25) is 0 Å². The van der Waals surface area contributed by atoms with Crippen LogP contribution >= 0.6 is 0 Å². The fourth-order valence-electron chi connectivity index (χ4n) is 4.05. The summed E-state index contributed by atoms with van der Waals surface area (Å²) >= 11 is 0. The first-order valence-corrected chi connectivity index (χ1v) is 10.2. The van der Waals surface area contributed by atoms with Crippen molar-refractivity contribution in [2.45, 2.75) is 51.0 Å². The van der Waals surface area contributed by atoms with Gasteiger partial charge in [-0.3, -0.25) is 9.59 Å². The van der Waals surface area contributed by atoms with Crippen LogP contribution in [-0.4, -0.2) is 32.0 Å². The van der Waals surface area contributed by atoms with Gasteiger partial charge in [0, 0.05) is 29.5 Å². The molecule has 1 amide bonds. The van der Waals surface area contributed by atoms with Gasteiger partial charge in [0.1, 0.15) is 0 Å². The van der Waals surface area contributed by atoms with Crippen LogP contribution in [0.1, 0.15) is 71.2 Å². The Balaban J connectivity index is 1.76. The maximum atomic E-state index is 12.8. The van der Waals surface area contributed by atoms with Gasteiger partial charge < -0.3 is 14.8 Å². The van der Waals surface area contributed by atoms with E-state index in [1.807, 2.05) is 19.1 Å². The van der Waals surface area contributed by atoms with E-state index in [-0.39, 0.29) is 23.7 Å². The Hall–Kier alpha value is -2.82. The lowest BCUT2D eigenvalue weighted by molar-refractivity contribution is 0.0918. The number of rotatable bonds is 7. The van der Waals surface area contributed by atoms with Crippen LogP contribution in [0.15, 0.2) is 42.5 Å². The molecule has 1 aliphatic rings. The smallest absolute Gasteiger partial charge is 0.251 e. The molecular weight excluding hydrogens is 366 g/mol. The van der Waals surface area contributed by atoms with Crippen molar-refractivity contribution in [2.24, 2.45) is 0 Å². The number of amides is 1. The van der Waals surface area contributed by atoms with E-state index in [2.05, 4.69) is 11.4 Å². The highest BCUT2D eigenvalue weighted by molar-refractivity contribution is 5.98. The zero-order chi connectivity index (χ0) is 20.8. The normalized spacial score (nSPS) is 18.7. The summed E-state index contributed by atoms with van der Waals surface area (Å²) in [6, 6.07) is 13.0. The number of ketones is 1. The van der Waals surface area contributed by atoms with Crippen molar-refractivity contribution in [3.05, 3.63) is 59.2 Å². The fraction of sp³-hybridized carbons (Fsp3) is 0.417. The first-order chi connectivity index (χ1) is 14.1. The number of hydrogen-bond acceptors (Lipinski definition) is 4. The largest absolute Gasteiger partial charge is 0.493 e. The number of Topliss-reactive ketones (excluding diaryl/α,β-unsaturated/α-hetero) is 1. The van der Waals surface area contributed by atoms with Crippen LogP contribution in [-0.2, 0) is 0 Å². The van der Waals surface area contributed by atoms with E-state index < -0.39 is 0 Å². The molecule has 0 heterocycles. The van der Waals surface area contributed by atoms with E-state index in [1.54, 1.807) is 38.5 Å². The molecule has 1 fully saturated rings. The van der Waals surface area contributed by atoms with Gasteiger partial charge in [0.15, 0.2) is 17.3 Å². The molecule has 2 unspecified atom stereocenters. The third-order valence-corrected chi connectivity index (χ3v) is 5.71. The summed E-state index contributed by atoms with van der Waals surface area (Å²) in [6.45, 7) is 1.83. The molecule has 1 aliphatic carbocycles. The van der Waals surface area contributed by atoms with E-state index in [0.717, 1.165) is 31.2 Å². The molecule has 154 valence electrons. The Labute approximate surface area is 172 Å². The van der Waals surface area contributed by atoms with Crippen LogP contribution in [0.5, 0.6) is 11.5 Å². The maximum absolute atomic E-state index is 12.8. The second-order valence-electron chi connectivity index (χ2n) is 7.44. The van der Waals surface area contributed by atoms with Gasteiger partial charge in [-0.25, -0.2) is 0 Å². The Bertz CT molecular complexity index is 860. The van der Waals surface area contributed by atoms with E-state index in [9.17, 15) is 9.59 Å². The van der Waals surface area contributed by atoms with Crippen LogP contribution in [0.25, 0.3) is 0 Å². The van der Waals surface area contributed by atoms with Gasteiger partial charge in [-0.2, -0.15) is 0 Å². The Morgan fingerprint density at radius 1 is 0.931 bits per heavy atom. The van der Waals surface area contributed by atoms with Crippen LogP contribution in [0.4, 0.5) is 0 Å². The second kappa shape index (κ2) is 9.59. The quantitative estimate of drug-likeness (QED) is 0.687. The highest BCUT2D eigenvalue weighted by Crippen LogP contribution is 2.37. The Morgan fingerprint density at radius 3 is 2.24 bits per heavy atom. The average Bonchev–Trinajstić information content (AvgIpc) is 2.78. The van der Waals surface area contributed by atoms with Crippen LogP contribution in [0, 0.1) is 0 Å². The monoisotopic (exact) mass is 395 g/mol. The zero-order valence-electron chi connectivity index (χ0n) is 17.4. The summed E-state index contributed by atoms with van der Waals surface area (Å²) < 4.78 is 10.8. The lowest BCUT2D eigenvalue weighted by Crippen LogP contribution is -2.41. The highest BCUT2D eigenvalue weighted by Gasteiger charge is 2.29. The maximum Gasteiger partial charge on any atom is 0.251 e. The number of ether oxygens (including phenoxy) is 2. The summed E-state index contributed by atoms with van der Waals surface area (Å²) in [4.78, 5) is 24.6. The second-order valence-corrected chi connectivity index (χ2v) is 7.44. The molecule has 29 heavy (non-hydrogen) atoms. The molecule has 0 bridgehead atoms. The predicted octanol–water partition coefficient (Wildman–Crippen LogP) is 4.75. The number of methoxy groups -OCH3 is 2. The van der Waals surface area contributed by atoms with E-state index in [4.69, 9.17) is 9.47 Å². The van der Waals surface area contributed by atoms with Gasteiger partial charge in [-0.1, -0.05) is 38.0 Å². The number of nitrogens with one attached hydrogen (secondary N) is 1. The minimum absolute atomic E-state index is 0.0614. The van der Waals surface area contributed by atoms with Crippen molar-refractivity contribution in [1.82, 2.24) is 5.32 Å². The lowest BCUT2D eigenvalue weighted by Gasteiger charge is -2.33. The van der Waals surface area contributed by atoms with Crippen LogP contribution < -0.4 is 14.8 Å². The van der Waals surface area contributed by atoms with Gasteiger partial charge in [0.05, 0.1) is 14.2 Å². The molecular formula is C24H29NO4. The van der Waals surface area contributed by atoms with E-state index in [0.29, 0.717) is 29.0 Å².